The van der Waals surface area contributed by atoms with Gasteiger partial charge in [-0.25, -0.2) is 14.6 Å². The smallest absolute Gasteiger partial charge is 0.416 e. The Morgan fingerprint density at radius 3 is 2.49 bits per heavy atom. The summed E-state index contributed by atoms with van der Waals surface area (Å²) in [5.74, 6) is -2.28. The topological polar surface area (TPSA) is 83.5 Å². The van der Waals surface area contributed by atoms with E-state index >= 15 is 0 Å². The molecule has 5 aromatic rings. The van der Waals surface area contributed by atoms with Crippen LogP contribution in [0.4, 0.5) is 17.6 Å². The molecule has 0 bridgehead atoms. The highest BCUT2D eigenvalue weighted by Gasteiger charge is 2.31. The van der Waals surface area contributed by atoms with Gasteiger partial charge in [0, 0.05) is 37.1 Å². The van der Waals surface area contributed by atoms with E-state index < -0.39 is 29.4 Å². The van der Waals surface area contributed by atoms with Crippen molar-refractivity contribution in [2.24, 2.45) is 5.10 Å². The molecule has 0 unspecified atom stereocenters. The Hall–Kier alpha value is -4.00. The third kappa shape index (κ3) is 6.66. The highest BCUT2D eigenvalue weighted by molar-refractivity contribution is 9.11. The first-order chi connectivity index (χ1) is 20.4. The number of benzene rings is 4. The molecule has 1 heterocycles. The fourth-order valence-electron chi connectivity index (χ4n) is 4.25. The minimum Gasteiger partial charge on any atom is -0.421 e. The molecule has 0 radical (unpaired) electrons. The predicted octanol–water partition coefficient (Wildman–Crippen LogP) is 9.15. The number of esters is 1. The van der Waals surface area contributed by atoms with Gasteiger partial charge in [-0.1, -0.05) is 51.8 Å². The number of nitrogens with one attached hydrogen (secondary N) is 2. The number of amides is 1. The van der Waals surface area contributed by atoms with Gasteiger partial charge < -0.3 is 9.72 Å². The van der Waals surface area contributed by atoms with Crippen LogP contribution in [0.25, 0.3) is 22.0 Å². The minimum absolute atomic E-state index is 0.0542. The number of hydrogen-bond acceptors (Lipinski definition) is 4. The molecule has 0 fully saturated rings. The van der Waals surface area contributed by atoms with Crippen molar-refractivity contribution in [1.29, 1.82) is 0 Å². The van der Waals surface area contributed by atoms with Crippen LogP contribution in [-0.4, -0.2) is 23.1 Å². The van der Waals surface area contributed by atoms with Crippen LogP contribution in [-0.2, 0) is 6.18 Å². The van der Waals surface area contributed by atoms with E-state index in [-0.39, 0.29) is 27.0 Å². The summed E-state index contributed by atoms with van der Waals surface area (Å²) in [6, 6.07) is 17.7. The summed E-state index contributed by atoms with van der Waals surface area (Å²) in [7, 11) is 0. The zero-order valence-corrected chi connectivity index (χ0v) is 25.3. The van der Waals surface area contributed by atoms with E-state index in [9.17, 15) is 27.2 Å². The maximum absolute atomic E-state index is 14.1. The van der Waals surface area contributed by atoms with E-state index in [4.69, 9.17) is 16.3 Å². The Labute approximate surface area is 263 Å². The SMILES string of the molecule is O=C(Oc1c(Br)cc(Br)cc1C=NNC(=O)c1[nH]c2ccc(F)cc2c1-c1ccccc1Cl)c1cccc(C(F)(F)F)c1. The number of hydrogen-bond donors (Lipinski definition) is 2. The van der Waals surface area contributed by atoms with Crippen LogP contribution in [0.15, 0.2) is 92.9 Å². The van der Waals surface area contributed by atoms with Crippen LogP contribution in [0.1, 0.15) is 32.0 Å². The lowest BCUT2D eigenvalue weighted by Crippen LogP contribution is -2.19. The van der Waals surface area contributed by atoms with Crippen LogP contribution in [0.3, 0.4) is 0 Å². The van der Waals surface area contributed by atoms with Crippen molar-refractivity contribution in [2.45, 2.75) is 6.18 Å². The molecule has 1 amide bonds. The fraction of sp³-hybridized carbons (Fsp3) is 0.0333. The van der Waals surface area contributed by atoms with E-state index in [2.05, 4.69) is 47.4 Å². The van der Waals surface area contributed by atoms with Gasteiger partial charge in [0.2, 0.25) is 0 Å². The Kier molecular flexibility index (Phi) is 8.72. The average Bonchev–Trinajstić information content (AvgIpc) is 3.33. The number of carbonyl (C=O) groups excluding carboxylic acids is 2. The van der Waals surface area contributed by atoms with Crippen molar-refractivity contribution >= 4 is 72.5 Å². The first-order valence-corrected chi connectivity index (χ1v) is 14.2. The minimum atomic E-state index is -4.64. The summed E-state index contributed by atoms with van der Waals surface area (Å²) < 4.78 is 59.8. The number of halogens is 7. The first kappa shape index (κ1) is 30.5. The molecule has 0 spiro atoms. The van der Waals surface area contributed by atoms with Crippen LogP contribution in [0, 0.1) is 5.82 Å². The van der Waals surface area contributed by atoms with Gasteiger partial charge in [-0.3, -0.25) is 4.79 Å². The second-order valence-electron chi connectivity index (χ2n) is 9.02. The molecule has 0 saturated heterocycles. The average molecular weight is 738 g/mol. The van der Waals surface area contributed by atoms with Gasteiger partial charge in [-0.2, -0.15) is 18.3 Å². The van der Waals surface area contributed by atoms with Gasteiger partial charge in [0.15, 0.2) is 5.75 Å². The number of ether oxygens (including phenoxy) is 1. The predicted molar refractivity (Wildman–Crippen MR) is 162 cm³/mol. The molecular weight excluding hydrogens is 722 g/mol. The second-order valence-corrected chi connectivity index (χ2v) is 11.2. The zero-order valence-electron chi connectivity index (χ0n) is 21.4. The maximum Gasteiger partial charge on any atom is 0.416 e. The summed E-state index contributed by atoms with van der Waals surface area (Å²) >= 11 is 13.0. The standard InChI is InChI=1S/C30H16Br2ClF4N3O3/c31-18-11-16(27(22(32)12-18)43-29(42)15-4-3-5-17(10-15)30(35,36)37)14-38-40-28(41)26-25(20-6-1-2-7-23(20)33)21-13-19(34)8-9-24(21)39-26/h1-14,39H,(H,40,41). The summed E-state index contributed by atoms with van der Waals surface area (Å²) in [5, 5.41) is 4.78. The van der Waals surface area contributed by atoms with Gasteiger partial charge >= 0.3 is 12.1 Å². The van der Waals surface area contributed by atoms with Crippen molar-refractivity contribution in [2.75, 3.05) is 0 Å². The maximum atomic E-state index is 14.1. The van der Waals surface area contributed by atoms with E-state index in [1.54, 1.807) is 30.3 Å². The molecule has 218 valence electrons. The summed E-state index contributed by atoms with van der Waals surface area (Å²) in [4.78, 5) is 29.1. The van der Waals surface area contributed by atoms with Crippen LogP contribution in [0.5, 0.6) is 5.75 Å². The molecule has 2 N–H and O–H groups in total. The van der Waals surface area contributed by atoms with Crippen LogP contribution in [0.2, 0.25) is 5.02 Å². The fourth-order valence-corrected chi connectivity index (χ4v) is 5.82. The molecule has 0 atom stereocenters. The number of aromatic nitrogens is 1. The number of fused-ring (bicyclic) bond motifs is 1. The highest BCUT2D eigenvalue weighted by Crippen LogP contribution is 2.37. The quantitative estimate of drug-likeness (QED) is 0.0600. The third-order valence-corrected chi connectivity index (χ3v) is 7.53. The molecule has 0 aliphatic rings. The first-order valence-electron chi connectivity index (χ1n) is 12.2. The Balaban J connectivity index is 1.44. The molecule has 43 heavy (non-hydrogen) atoms. The van der Waals surface area contributed by atoms with Crippen molar-refractivity contribution < 1.29 is 31.9 Å². The van der Waals surface area contributed by atoms with Crippen LogP contribution < -0.4 is 10.2 Å². The number of alkyl halides is 3. The number of carbonyl (C=O) groups is 2. The highest BCUT2D eigenvalue weighted by atomic mass is 79.9. The molecule has 0 aliphatic carbocycles. The molecule has 6 nitrogen and oxygen atoms in total. The Morgan fingerprint density at radius 1 is 0.977 bits per heavy atom. The van der Waals surface area contributed by atoms with E-state index in [1.807, 2.05) is 0 Å². The summed E-state index contributed by atoms with van der Waals surface area (Å²) in [6.07, 6.45) is -3.45. The lowest BCUT2D eigenvalue weighted by molar-refractivity contribution is -0.137. The Morgan fingerprint density at radius 2 is 1.74 bits per heavy atom. The van der Waals surface area contributed by atoms with Crippen molar-refractivity contribution in [3.05, 3.63) is 121 Å². The van der Waals surface area contributed by atoms with Gasteiger partial charge in [0.25, 0.3) is 5.91 Å². The zero-order chi connectivity index (χ0) is 30.9. The molecule has 4 aromatic carbocycles. The van der Waals surface area contributed by atoms with E-state index in [0.29, 0.717) is 37.6 Å². The summed E-state index contributed by atoms with van der Waals surface area (Å²) in [6.45, 7) is 0. The lowest BCUT2D eigenvalue weighted by Gasteiger charge is -2.12. The monoisotopic (exact) mass is 735 g/mol. The summed E-state index contributed by atoms with van der Waals surface area (Å²) in [5.41, 5.74) is 2.70. The lowest BCUT2D eigenvalue weighted by atomic mass is 10.0. The molecule has 1 aromatic heterocycles. The third-order valence-electron chi connectivity index (χ3n) is 6.16. The number of hydrazone groups is 1. The van der Waals surface area contributed by atoms with Crippen molar-refractivity contribution in [3.8, 4) is 16.9 Å². The number of nitrogens with zero attached hydrogens (tertiary/aromatic N) is 1. The molecule has 0 aliphatic heterocycles. The van der Waals surface area contributed by atoms with Crippen molar-refractivity contribution in [3.63, 3.8) is 0 Å². The number of rotatable bonds is 6. The molecule has 13 heteroatoms. The van der Waals surface area contributed by atoms with Gasteiger partial charge in [0.05, 0.1) is 21.8 Å². The van der Waals surface area contributed by atoms with Crippen LogP contribution >= 0.6 is 43.5 Å². The van der Waals surface area contributed by atoms with Gasteiger partial charge in [-0.05, 0) is 70.5 Å². The molecule has 5 rings (SSSR count). The number of aromatic amines is 1. The second kappa shape index (κ2) is 12.3. The van der Waals surface area contributed by atoms with E-state index in [0.717, 1.165) is 12.1 Å². The molecular formula is C30H16Br2ClF4N3O3. The molecule has 0 saturated carbocycles. The van der Waals surface area contributed by atoms with Gasteiger partial charge in [-0.15, -0.1) is 0 Å². The normalized spacial score (nSPS) is 11.7. The Bertz CT molecular complexity index is 1930. The van der Waals surface area contributed by atoms with Crippen molar-refractivity contribution in [1.82, 2.24) is 10.4 Å². The van der Waals surface area contributed by atoms with Gasteiger partial charge in [0.1, 0.15) is 11.5 Å². The number of H-pyrrole nitrogens is 1. The largest absolute Gasteiger partial charge is 0.421 e. The van der Waals surface area contributed by atoms with E-state index in [1.165, 1.54) is 36.5 Å².